The number of carbonyl (C=O) groups excluding carboxylic acids is 1. The molecule has 2 N–H and O–H groups in total. The standard InChI is InChI=1S/C33H32ClFN6O2S.ClH/c1-39-18-25(17-37-39)16-28-20-41(33(38-32(28)43)44-22-24-4-12-30(35)13-5-24)21-31(42)40(15-14-36)19-23-2-6-26(7-3-23)27-8-10-29(34)11-9-27;/h2-13,17-18,20H,14-16,19,21-22,36H2,1H3;1H. The lowest BCUT2D eigenvalue weighted by molar-refractivity contribution is -0.132. The van der Waals surface area contributed by atoms with Crippen LogP contribution in [0.5, 0.6) is 0 Å². The monoisotopic (exact) mass is 666 g/mol. The molecule has 0 spiro atoms. The number of aromatic nitrogens is 4. The van der Waals surface area contributed by atoms with Crippen LogP contribution in [0.4, 0.5) is 4.39 Å². The van der Waals surface area contributed by atoms with Crippen LogP contribution in [0.3, 0.4) is 0 Å². The minimum atomic E-state index is -0.362. The van der Waals surface area contributed by atoms with Gasteiger partial charge in [0.05, 0.1) is 6.20 Å². The predicted octanol–water partition coefficient (Wildman–Crippen LogP) is 5.73. The zero-order valence-corrected chi connectivity index (χ0v) is 27.0. The highest BCUT2D eigenvalue weighted by molar-refractivity contribution is 7.98. The van der Waals surface area contributed by atoms with Crippen molar-refractivity contribution in [1.82, 2.24) is 24.2 Å². The Kier molecular flexibility index (Phi) is 12.0. The van der Waals surface area contributed by atoms with Gasteiger partial charge in [-0.1, -0.05) is 71.9 Å². The van der Waals surface area contributed by atoms with Crippen LogP contribution in [-0.2, 0) is 37.1 Å². The Hall–Kier alpha value is -3.96. The van der Waals surface area contributed by atoms with E-state index in [9.17, 15) is 14.0 Å². The Bertz CT molecular complexity index is 1780. The van der Waals surface area contributed by atoms with E-state index in [1.807, 2.05) is 61.8 Å². The van der Waals surface area contributed by atoms with Gasteiger partial charge >= 0.3 is 0 Å². The molecule has 5 rings (SSSR count). The lowest BCUT2D eigenvalue weighted by Crippen LogP contribution is -2.37. The second-order valence-corrected chi connectivity index (χ2v) is 11.8. The number of aryl methyl sites for hydroxylation is 1. The first-order valence-electron chi connectivity index (χ1n) is 14.1. The van der Waals surface area contributed by atoms with Crippen molar-refractivity contribution in [2.24, 2.45) is 12.8 Å². The first-order chi connectivity index (χ1) is 21.3. The van der Waals surface area contributed by atoms with Crippen LogP contribution in [0.1, 0.15) is 22.3 Å². The molecule has 8 nitrogen and oxygen atoms in total. The van der Waals surface area contributed by atoms with Crippen molar-refractivity contribution in [3.8, 4) is 11.1 Å². The average molecular weight is 668 g/mol. The quantitative estimate of drug-likeness (QED) is 0.135. The summed E-state index contributed by atoms with van der Waals surface area (Å²) in [5.74, 6) is -0.0209. The third-order valence-corrected chi connectivity index (χ3v) is 8.34. The normalized spacial score (nSPS) is 10.8. The zero-order chi connectivity index (χ0) is 31.1. The number of halogens is 3. The molecule has 0 fully saturated rings. The van der Waals surface area contributed by atoms with Gasteiger partial charge in [0.2, 0.25) is 5.91 Å². The van der Waals surface area contributed by atoms with E-state index in [1.54, 1.807) is 38.7 Å². The number of amides is 1. The topological polar surface area (TPSA) is 99.0 Å². The first-order valence-corrected chi connectivity index (χ1v) is 15.4. The number of hydrogen-bond donors (Lipinski definition) is 1. The van der Waals surface area contributed by atoms with E-state index in [4.69, 9.17) is 17.3 Å². The minimum Gasteiger partial charge on any atom is -0.336 e. The van der Waals surface area contributed by atoms with Gasteiger partial charge < -0.3 is 15.2 Å². The Morgan fingerprint density at radius 2 is 1.60 bits per heavy atom. The maximum atomic E-state index is 13.7. The summed E-state index contributed by atoms with van der Waals surface area (Å²) in [7, 11) is 1.81. The SMILES string of the molecule is Cl.Cn1cc(Cc2cn(CC(=O)N(CCN)Cc3ccc(-c4ccc(Cl)cc4)cc3)c(SCc3ccc(F)cc3)nc2=O)cn1. The van der Waals surface area contributed by atoms with Crippen molar-refractivity contribution in [3.63, 3.8) is 0 Å². The third-order valence-electron chi connectivity index (χ3n) is 7.03. The summed E-state index contributed by atoms with van der Waals surface area (Å²) in [6, 6.07) is 21.8. The Labute approximate surface area is 276 Å². The number of nitrogens with zero attached hydrogens (tertiary/aromatic N) is 5. The summed E-state index contributed by atoms with van der Waals surface area (Å²) < 4.78 is 16.8. The maximum Gasteiger partial charge on any atom is 0.277 e. The summed E-state index contributed by atoms with van der Waals surface area (Å²) in [5.41, 5.74) is 10.8. The second kappa shape index (κ2) is 15.9. The van der Waals surface area contributed by atoms with Gasteiger partial charge in [-0.05, 0) is 52.1 Å². The number of rotatable bonds is 12. The smallest absolute Gasteiger partial charge is 0.277 e. The molecule has 1 amide bonds. The van der Waals surface area contributed by atoms with Crippen molar-refractivity contribution in [2.45, 2.75) is 30.4 Å². The van der Waals surface area contributed by atoms with Crippen LogP contribution >= 0.6 is 35.8 Å². The Morgan fingerprint density at radius 1 is 0.956 bits per heavy atom. The predicted molar refractivity (Wildman–Crippen MR) is 179 cm³/mol. The van der Waals surface area contributed by atoms with Gasteiger partial charge in [-0.2, -0.15) is 10.1 Å². The van der Waals surface area contributed by atoms with Crippen molar-refractivity contribution >= 4 is 41.7 Å². The van der Waals surface area contributed by atoms with E-state index in [0.29, 0.717) is 47.6 Å². The van der Waals surface area contributed by atoms with E-state index in [0.717, 1.165) is 27.8 Å². The first kappa shape index (κ1) is 33.9. The summed E-state index contributed by atoms with van der Waals surface area (Å²) in [5, 5.41) is 5.27. The van der Waals surface area contributed by atoms with E-state index in [1.165, 1.54) is 23.9 Å². The number of carbonyl (C=O) groups is 1. The number of hydrogen-bond acceptors (Lipinski definition) is 6. The fraction of sp³-hybridized carbons (Fsp3) is 0.212. The van der Waals surface area contributed by atoms with Gasteiger partial charge in [0.15, 0.2) is 5.16 Å². The number of nitrogens with two attached hydrogens (primary N) is 1. The van der Waals surface area contributed by atoms with Crippen LogP contribution in [0.25, 0.3) is 11.1 Å². The fourth-order valence-electron chi connectivity index (χ4n) is 4.74. The lowest BCUT2D eigenvalue weighted by Gasteiger charge is -2.24. The molecule has 3 aromatic carbocycles. The summed E-state index contributed by atoms with van der Waals surface area (Å²) in [6.07, 6.45) is 5.58. The molecule has 2 heterocycles. The molecule has 0 unspecified atom stereocenters. The van der Waals surface area contributed by atoms with Crippen molar-refractivity contribution in [2.75, 3.05) is 13.1 Å². The highest BCUT2D eigenvalue weighted by atomic mass is 35.5. The Morgan fingerprint density at radius 3 is 2.22 bits per heavy atom. The number of thioether (sulfide) groups is 1. The lowest BCUT2D eigenvalue weighted by atomic mass is 10.0. The van der Waals surface area contributed by atoms with Crippen molar-refractivity contribution in [3.05, 3.63) is 135 Å². The maximum absolute atomic E-state index is 13.7. The van der Waals surface area contributed by atoms with E-state index in [-0.39, 0.29) is 36.2 Å². The van der Waals surface area contributed by atoms with Crippen LogP contribution < -0.4 is 11.3 Å². The minimum absolute atomic E-state index is 0. The molecule has 0 aliphatic carbocycles. The van der Waals surface area contributed by atoms with Gasteiger partial charge in [0, 0.05) is 61.8 Å². The van der Waals surface area contributed by atoms with Gasteiger partial charge in [-0.15, -0.1) is 12.4 Å². The highest BCUT2D eigenvalue weighted by Crippen LogP contribution is 2.24. The molecular formula is C33H33Cl2FN6O2S. The van der Waals surface area contributed by atoms with Crippen molar-refractivity contribution < 1.29 is 9.18 Å². The van der Waals surface area contributed by atoms with E-state index >= 15 is 0 Å². The molecule has 0 aliphatic heterocycles. The molecule has 12 heteroatoms. The van der Waals surface area contributed by atoms with E-state index < -0.39 is 0 Å². The van der Waals surface area contributed by atoms with Gasteiger partial charge in [0.1, 0.15) is 12.4 Å². The van der Waals surface area contributed by atoms with Crippen LogP contribution in [-0.4, -0.2) is 43.2 Å². The summed E-state index contributed by atoms with van der Waals surface area (Å²) >= 11 is 7.35. The molecular weight excluding hydrogens is 634 g/mol. The van der Waals surface area contributed by atoms with Crippen LogP contribution in [0.2, 0.25) is 5.02 Å². The van der Waals surface area contributed by atoms with Gasteiger partial charge in [-0.25, -0.2) is 4.39 Å². The molecule has 0 radical (unpaired) electrons. The number of benzene rings is 3. The molecule has 45 heavy (non-hydrogen) atoms. The Balaban J connectivity index is 0.00000461. The second-order valence-electron chi connectivity index (χ2n) is 10.4. The van der Waals surface area contributed by atoms with Gasteiger partial charge in [-0.3, -0.25) is 14.3 Å². The van der Waals surface area contributed by atoms with Crippen LogP contribution in [0.15, 0.2) is 101 Å². The molecule has 0 atom stereocenters. The molecule has 5 aromatic rings. The third kappa shape index (κ3) is 9.27. The van der Waals surface area contributed by atoms with Crippen molar-refractivity contribution in [1.29, 1.82) is 0 Å². The van der Waals surface area contributed by atoms with E-state index in [2.05, 4.69) is 10.1 Å². The van der Waals surface area contributed by atoms with Gasteiger partial charge in [0.25, 0.3) is 5.56 Å². The summed E-state index contributed by atoms with van der Waals surface area (Å²) in [6.45, 7) is 1.02. The molecule has 2 aromatic heterocycles. The molecule has 0 bridgehead atoms. The molecule has 0 aliphatic rings. The summed E-state index contributed by atoms with van der Waals surface area (Å²) in [4.78, 5) is 32.8. The highest BCUT2D eigenvalue weighted by Gasteiger charge is 2.18. The molecule has 0 saturated heterocycles. The molecule has 234 valence electrons. The largest absolute Gasteiger partial charge is 0.336 e. The average Bonchev–Trinajstić information content (AvgIpc) is 3.43. The van der Waals surface area contributed by atoms with Crippen LogP contribution in [0, 0.1) is 5.82 Å². The molecule has 0 saturated carbocycles. The fourth-order valence-corrected chi connectivity index (χ4v) is 5.79. The zero-order valence-electron chi connectivity index (χ0n) is 24.6.